The molecule has 0 radical (unpaired) electrons. The highest BCUT2D eigenvalue weighted by molar-refractivity contribution is 6.17. The predicted octanol–water partition coefficient (Wildman–Crippen LogP) is 3.98. The van der Waals surface area contributed by atoms with Crippen LogP contribution in [0.1, 0.15) is 44.1 Å². The minimum absolute atomic E-state index is 0.560. The smallest absolute Gasteiger partial charge is 0.0509 e. The molecular weight excluding hydrogens is 244 g/mol. The molecule has 1 saturated heterocycles. The van der Waals surface area contributed by atoms with Crippen LogP contribution in [0.3, 0.4) is 0 Å². The third kappa shape index (κ3) is 2.23. The fourth-order valence-electron chi connectivity index (χ4n) is 3.68. The lowest BCUT2D eigenvalue weighted by molar-refractivity contribution is 0.226. The maximum Gasteiger partial charge on any atom is 0.0509 e. The fraction of sp³-hybridized carbons (Fsp3) is 0.667. The van der Waals surface area contributed by atoms with E-state index in [0.29, 0.717) is 11.3 Å². The number of rotatable bonds is 2. The highest BCUT2D eigenvalue weighted by atomic mass is 35.5. The first-order valence-electron chi connectivity index (χ1n) is 7.07. The molecule has 1 saturated carbocycles. The van der Waals surface area contributed by atoms with Crippen molar-refractivity contribution in [1.29, 1.82) is 0 Å². The Bertz CT molecular complexity index is 403. The maximum absolute atomic E-state index is 6.01. The number of aromatic nitrogens is 1. The Balaban J connectivity index is 1.72. The van der Waals surface area contributed by atoms with Gasteiger partial charge in [0, 0.05) is 36.7 Å². The summed E-state index contributed by atoms with van der Waals surface area (Å²) >= 11 is 6.01. The van der Waals surface area contributed by atoms with Crippen molar-refractivity contribution in [2.45, 2.75) is 44.4 Å². The molecule has 3 rings (SSSR count). The summed E-state index contributed by atoms with van der Waals surface area (Å²) in [5.74, 6) is 0.560. The van der Waals surface area contributed by atoms with Crippen LogP contribution in [0.15, 0.2) is 18.5 Å². The quantitative estimate of drug-likeness (QED) is 0.751. The number of halogens is 1. The molecule has 1 aliphatic carbocycles. The van der Waals surface area contributed by atoms with Crippen molar-refractivity contribution < 1.29 is 0 Å². The number of nitrogens with zero attached hydrogens (tertiary/aromatic N) is 2. The molecule has 1 aromatic heterocycles. The monoisotopic (exact) mass is 264 g/mol. The van der Waals surface area contributed by atoms with E-state index in [2.05, 4.69) is 16.0 Å². The first-order chi connectivity index (χ1) is 8.83. The minimum atomic E-state index is 0.560. The molecule has 0 aromatic carbocycles. The van der Waals surface area contributed by atoms with E-state index in [4.69, 9.17) is 11.6 Å². The SMILES string of the molecule is ClCc1cnccc1N1CCC2(CCCC2)CC1. The Kier molecular flexibility index (Phi) is 3.47. The molecule has 2 fully saturated rings. The summed E-state index contributed by atoms with van der Waals surface area (Å²) in [5, 5.41) is 0. The van der Waals surface area contributed by atoms with Crippen LogP contribution < -0.4 is 4.90 Å². The Morgan fingerprint density at radius 1 is 1.17 bits per heavy atom. The molecule has 1 spiro atoms. The fourth-order valence-corrected chi connectivity index (χ4v) is 3.88. The summed E-state index contributed by atoms with van der Waals surface area (Å²) in [4.78, 5) is 6.67. The average molecular weight is 265 g/mol. The van der Waals surface area contributed by atoms with E-state index in [1.807, 2.05) is 12.4 Å². The van der Waals surface area contributed by atoms with Gasteiger partial charge in [-0.25, -0.2) is 0 Å². The Morgan fingerprint density at radius 3 is 2.56 bits per heavy atom. The summed E-state index contributed by atoms with van der Waals surface area (Å²) in [5.41, 5.74) is 3.15. The largest absolute Gasteiger partial charge is 0.371 e. The van der Waals surface area contributed by atoms with Crippen molar-refractivity contribution >= 4 is 17.3 Å². The van der Waals surface area contributed by atoms with Gasteiger partial charge in [0.15, 0.2) is 0 Å². The van der Waals surface area contributed by atoms with Gasteiger partial charge >= 0.3 is 0 Å². The first-order valence-corrected chi connectivity index (χ1v) is 7.60. The van der Waals surface area contributed by atoms with Gasteiger partial charge in [-0.15, -0.1) is 11.6 Å². The van der Waals surface area contributed by atoms with Crippen molar-refractivity contribution in [1.82, 2.24) is 4.98 Å². The second kappa shape index (κ2) is 5.08. The van der Waals surface area contributed by atoms with Gasteiger partial charge in [0.05, 0.1) is 5.88 Å². The van der Waals surface area contributed by atoms with Gasteiger partial charge in [0.1, 0.15) is 0 Å². The second-order valence-electron chi connectivity index (χ2n) is 5.83. The summed E-state index contributed by atoms with van der Waals surface area (Å²) in [7, 11) is 0. The molecule has 3 heteroatoms. The molecular formula is C15H21ClN2. The average Bonchev–Trinajstić information content (AvgIpc) is 2.88. The summed E-state index contributed by atoms with van der Waals surface area (Å²) in [6, 6.07) is 2.12. The van der Waals surface area contributed by atoms with Crippen molar-refractivity contribution in [2.24, 2.45) is 5.41 Å². The van der Waals surface area contributed by atoms with Gasteiger partial charge in [-0.05, 0) is 37.2 Å². The Morgan fingerprint density at radius 2 is 1.89 bits per heavy atom. The summed E-state index contributed by atoms with van der Waals surface area (Å²) in [6.07, 6.45) is 12.3. The van der Waals surface area contributed by atoms with Crippen molar-refractivity contribution in [2.75, 3.05) is 18.0 Å². The highest BCUT2D eigenvalue weighted by Gasteiger charge is 2.37. The van der Waals surface area contributed by atoms with Gasteiger partial charge in [0.25, 0.3) is 0 Å². The highest BCUT2D eigenvalue weighted by Crippen LogP contribution is 2.46. The molecule has 18 heavy (non-hydrogen) atoms. The van der Waals surface area contributed by atoms with Crippen LogP contribution in [-0.2, 0) is 5.88 Å². The molecule has 0 bridgehead atoms. The lowest BCUT2D eigenvalue weighted by Gasteiger charge is -2.41. The van der Waals surface area contributed by atoms with Crippen LogP contribution in [0.25, 0.3) is 0 Å². The van der Waals surface area contributed by atoms with Crippen molar-refractivity contribution in [3.8, 4) is 0 Å². The molecule has 1 aromatic rings. The summed E-state index contributed by atoms with van der Waals surface area (Å²) < 4.78 is 0. The number of pyridine rings is 1. The van der Waals surface area contributed by atoms with E-state index in [9.17, 15) is 0 Å². The summed E-state index contributed by atoms with van der Waals surface area (Å²) in [6.45, 7) is 2.38. The normalized spacial score (nSPS) is 22.6. The lowest BCUT2D eigenvalue weighted by Crippen LogP contribution is -2.39. The van der Waals surface area contributed by atoms with Gasteiger partial charge in [-0.2, -0.15) is 0 Å². The standard InChI is InChI=1S/C15H21ClN2/c16-11-13-12-17-8-3-14(13)18-9-6-15(7-10-18)4-1-2-5-15/h3,8,12H,1-2,4-7,9-11H2. The van der Waals surface area contributed by atoms with E-state index < -0.39 is 0 Å². The van der Waals surface area contributed by atoms with Gasteiger partial charge in [-0.3, -0.25) is 4.98 Å². The van der Waals surface area contributed by atoms with E-state index >= 15 is 0 Å². The zero-order valence-electron chi connectivity index (χ0n) is 10.9. The number of hydrogen-bond acceptors (Lipinski definition) is 2. The first kappa shape index (κ1) is 12.3. The zero-order valence-corrected chi connectivity index (χ0v) is 11.6. The van der Waals surface area contributed by atoms with E-state index in [0.717, 1.165) is 0 Å². The molecule has 2 heterocycles. The Labute approximate surface area is 114 Å². The molecule has 0 atom stereocenters. The number of anilines is 1. The third-order valence-electron chi connectivity index (χ3n) is 4.85. The van der Waals surface area contributed by atoms with Crippen molar-refractivity contribution in [3.05, 3.63) is 24.0 Å². The third-order valence-corrected chi connectivity index (χ3v) is 5.14. The van der Waals surface area contributed by atoms with E-state index in [1.54, 1.807) is 0 Å². The van der Waals surface area contributed by atoms with Crippen LogP contribution in [-0.4, -0.2) is 18.1 Å². The Hall–Kier alpha value is -0.760. The number of alkyl halides is 1. The molecule has 2 aliphatic rings. The minimum Gasteiger partial charge on any atom is -0.371 e. The van der Waals surface area contributed by atoms with Crippen LogP contribution in [0.5, 0.6) is 0 Å². The maximum atomic E-state index is 6.01. The van der Waals surface area contributed by atoms with Crippen LogP contribution >= 0.6 is 11.6 Å². The topological polar surface area (TPSA) is 16.1 Å². The van der Waals surface area contributed by atoms with Crippen LogP contribution in [0.4, 0.5) is 5.69 Å². The van der Waals surface area contributed by atoms with Gasteiger partial charge < -0.3 is 4.90 Å². The molecule has 0 amide bonds. The molecule has 1 aliphatic heterocycles. The number of hydrogen-bond donors (Lipinski definition) is 0. The molecule has 0 N–H and O–H groups in total. The van der Waals surface area contributed by atoms with E-state index in [1.165, 1.54) is 62.9 Å². The van der Waals surface area contributed by atoms with Crippen LogP contribution in [0.2, 0.25) is 0 Å². The van der Waals surface area contributed by atoms with Crippen LogP contribution in [0, 0.1) is 5.41 Å². The second-order valence-corrected chi connectivity index (χ2v) is 6.10. The zero-order chi connectivity index (χ0) is 12.4. The molecule has 2 nitrogen and oxygen atoms in total. The van der Waals surface area contributed by atoms with Gasteiger partial charge in [0.2, 0.25) is 0 Å². The lowest BCUT2D eigenvalue weighted by atomic mass is 9.77. The van der Waals surface area contributed by atoms with Gasteiger partial charge in [-0.1, -0.05) is 12.8 Å². The molecule has 98 valence electrons. The van der Waals surface area contributed by atoms with E-state index in [-0.39, 0.29) is 0 Å². The predicted molar refractivity (Wildman–Crippen MR) is 76.1 cm³/mol. The number of piperidine rings is 1. The van der Waals surface area contributed by atoms with Crippen molar-refractivity contribution in [3.63, 3.8) is 0 Å². The molecule has 0 unspecified atom stereocenters.